The van der Waals surface area contributed by atoms with Crippen molar-refractivity contribution in [3.05, 3.63) is 29.0 Å². The Balaban J connectivity index is 1.86. The van der Waals surface area contributed by atoms with Crippen molar-refractivity contribution in [3.8, 4) is 0 Å². The number of hydrogen-bond donors (Lipinski definition) is 2. The molecule has 0 aromatic heterocycles. The molecule has 1 aromatic rings. The predicted molar refractivity (Wildman–Crippen MR) is 72.3 cm³/mol. The summed E-state index contributed by atoms with van der Waals surface area (Å²) in [6.07, 6.45) is 1.79. The van der Waals surface area contributed by atoms with Crippen molar-refractivity contribution in [2.75, 3.05) is 13.1 Å². The average molecular weight is 321 g/mol. The van der Waals surface area contributed by atoms with Gasteiger partial charge in [0.25, 0.3) is 0 Å². The number of amides is 1. The van der Waals surface area contributed by atoms with Crippen molar-refractivity contribution in [2.45, 2.75) is 17.7 Å². The average Bonchev–Trinajstić information content (AvgIpc) is 3.22. The first-order valence-corrected chi connectivity index (χ1v) is 7.99. The number of carbonyl (C=O) groups is 1. The Morgan fingerprint density at radius 2 is 2.05 bits per heavy atom. The third kappa shape index (κ3) is 3.91. The van der Waals surface area contributed by atoms with Gasteiger partial charge in [-0.3, -0.25) is 4.79 Å². The Morgan fingerprint density at radius 3 is 2.65 bits per heavy atom. The Kier molecular flexibility index (Phi) is 4.62. The topological polar surface area (TPSA) is 75.3 Å². The maximum atomic E-state index is 13.0. The van der Waals surface area contributed by atoms with E-state index < -0.39 is 15.8 Å². The summed E-state index contributed by atoms with van der Waals surface area (Å²) in [4.78, 5) is 11.2. The maximum absolute atomic E-state index is 13.0. The highest BCUT2D eigenvalue weighted by Crippen LogP contribution is 2.28. The van der Waals surface area contributed by atoms with Crippen LogP contribution >= 0.6 is 11.6 Å². The van der Waals surface area contributed by atoms with E-state index in [1.54, 1.807) is 0 Å². The highest BCUT2D eigenvalue weighted by molar-refractivity contribution is 7.89. The van der Waals surface area contributed by atoms with Crippen LogP contribution in [0.15, 0.2) is 23.1 Å². The molecule has 8 heteroatoms. The van der Waals surface area contributed by atoms with Crippen molar-refractivity contribution in [2.24, 2.45) is 5.92 Å². The van der Waals surface area contributed by atoms with Crippen LogP contribution in [0.5, 0.6) is 0 Å². The summed E-state index contributed by atoms with van der Waals surface area (Å²) in [6, 6.07) is 3.17. The van der Waals surface area contributed by atoms with Crippen LogP contribution in [-0.2, 0) is 14.8 Å². The van der Waals surface area contributed by atoms with Crippen LogP contribution in [0.4, 0.5) is 4.39 Å². The van der Waals surface area contributed by atoms with E-state index in [9.17, 15) is 17.6 Å². The molecule has 0 saturated heterocycles. The fraction of sp³-hybridized carbons (Fsp3) is 0.417. The second-order valence-electron chi connectivity index (χ2n) is 4.54. The molecule has 1 amide bonds. The highest BCUT2D eigenvalue weighted by atomic mass is 35.5. The predicted octanol–water partition coefficient (Wildman–Crippen LogP) is 1.28. The quantitative estimate of drug-likeness (QED) is 0.775. The SMILES string of the molecule is O=C(NCCNS(=O)(=O)c1ccc(F)c(Cl)c1)C1CC1. The lowest BCUT2D eigenvalue weighted by Crippen LogP contribution is -2.35. The van der Waals surface area contributed by atoms with Crippen LogP contribution in [0, 0.1) is 11.7 Å². The smallest absolute Gasteiger partial charge is 0.240 e. The van der Waals surface area contributed by atoms with Crippen LogP contribution in [0.1, 0.15) is 12.8 Å². The molecule has 1 aliphatic rings. The van der Waals surface area contributed by atoms with Crippen LogP contribution in [0.2, 0.25) is 5.02 Å². The minimum absolute atomic E-state index is 0.0472. The second kappa shape index (κ2) is 6.07. The summed E-state index contributed by atoms with van der Waals surface area (Å²) in [6.45, 7) is 0.277. The zero-order valence-electron chi connectivity index (χ0n) is 10.5. The number of rotatable bonds is 6. The number of halogens is 2. The summed E-state index contributed by atoms with van der Waals surface area (Å²) < 4.78 is 39.0. The van der Waals surface area contributed by atoms with E-state index in [0.717, 1.165) is 31.0 Å². The molecule has 2 N–H and O–H groups in total. The Bertz CT molecular complexity index is 617. The van der Waals surface area contributed by atoms with Gasteiger partial charge in [-0.25, -0.2) is 17.5 Å². The van der Waals surface area contributed by atoms with E-state index in [-0.39, 0.29) is 34.8 Å². The number of sulfonamides is 1. The minimum atomic E-state index is -3.75. The molecule has 1 saturated carbocycles. The van der Waals surface area contributed by atoms with Crippen molar-refractivity contribution >= 4 is 27.5 Å². The number of hydrogen-bond acceptors (Lipinski definition) is 3. The molecule has 1 aromatic carbocycles. The third-order valence-electron chi connectivity index (χ3n) is 2.87. The summed E-state index contributed by atoms with van der Waals surface area (Å²) >= 11 is 5.54. The van der Waals surface area contributed by atoms with Gasteiger partial charge < -0.3 is 5.32 Å². The lowest BCUT2D eigenvalue weighted by molar-refractivity contribution is -0.122. The van der Waals surface area contributed by atoms with Gasteiger partial charge in [0.05, 0.1) is 9.92 Å². The lowest BCUT2D eigenvalue weighted by Gasteiger charge is -2.08. The zero-order valence-corrected chi connectivity index (χ0v) is 12.1. The molecular formula is C12H14ClFN2O3S. The van der Waals surface area contributed by atoms with Crippen LogP contribution < -0.4 is 10.0 Å². The summed E-state index contributed by atoms with van der Waals surface area (Å²) in [5.41, 5.74) is 0. The molecule has 1 aliphatic carbocycles. The molecule has 0 spiro atoms. The fourth-order valence-corrected chi connectivity index (χ4v) is 2.89. The van der Waals surface area contributed by atoms with Crippen LogP contribution in [-0.4, -0.2) is 27.4 Å². The van der Waals surface area contributed by atoms with Gasteiger partial charge in [0.2, 0.25) is 15.9 Å². The first kappa shape index (κ1) is 15.2. The molecule has 0 heterocycles. The molecule has 0 atom stereocenters. The number of benzene rings is 1. The first-order chi connectivity index (χ1) is 9.40. The minimum Gasteiger partial charge on any atom is -0.355 e. The number of carbonyl (C=O) groups excluding carboxylic acids is 1. The summed E-state index contributed by atoms with van der Waals surface area (Å²) in [5, 5.41) is 2.38. The van der Waals surface area contributed by atoms with Gasteiger partial charge in [-0.2, -0.15) is 0 Å². The van der Waals surface area contributed by atoms with Gasteiger partial charge in [0, 0.05) is 19.0 Å². The molecule has 5 nitrogen and oxygen atoms in total. The molecule has 0 bridgehead atoms. The maximum Gasteiger partial charge on any atom is 0.240 e. The van der Waals surface area contributed by atoms with Crippen LogP contribution in [0.3, 0.4) is 0 Å². The molecular weight excluding hydrogens is 307 g/mol. The van der Waals surface area contributed by atoms with Crippen molar-refractivity contribution in [1.29, 1.82) is 0 Å². The first-order valence-electron chi connectivity index (χ1n) is 6.12. The standard InChI is InChI=1S/C12H14ClFN2O3S/c13-10-7-9(3-4-11(10)14)20(18,19)16-6-5-15-12(17)8-1-2-8/h3-4,7-8,16H,1-2,5-6H2,(H,15,17). The van der Waals surface area contributed by atoms with Crippen molar-refractivity contribution in [1.82, 2.24) is 10.0 Å². The molecule has 1 fully saturated rings. The number of nitrogens with one attached hydrogen (secondary N) is 2. The van der Waals surface area contributed by atoms with E-state index in [0.29, 0.717) is 0 Å². The largest absolute Gasteiger partial charge is 0.355 e. The normalized spacial score (nSPS) is 15.1. The Labute approximate surface area is 121 Å². The van der Waals surface area contributed by atoms with Gasteiger partial charge in [-0.15, -0.1) is 0 Å². The Morgan fingerprint density at radius 1 is 1.35 bits per heavy atom. The second-order valence-corrected chi connectivity index (χ2v) is 6.71. The Hall–Kier alpha value is -1.18. The van der Waals surface area contributed by atoms with Gasteiger partial charge in [-0.1, -0.05) is 11.6 Å². The van der Waals surface area contributed by atoms with E-state index in [1.807, 2.05) is 0 Å². The molecule has 0 unspecified atom stereocenters. The van der Waals surface area contributed by atoms with Gasteiger partial charge >= 0.3 is 0 Å². The zero-order chi connectivity index (χ0) is 14.8. The van der Waals surface area contributed by atoms with Crippen molar-refractivity contribution < 1.29 is 17.6 Å². The summed E-state index contributed by atoms with van der Waals surface area (Å²) in [5.74, 6) is -0.640. The van der Waals surface area contributed by atoms with Crippen LogP contribution in [0.25, 0.3) is 0 Å². The lowest BCUT2D eigenvalue weighted by atomic mass is 10.3. The van der Waals surface area contributed by atoms with E-state index in [1.165, 1.54) is 0 Å². The summed E-state index contributed by atoms with van der Waals surface area (Å²) in [7, 11) is -3.75. The highest BCUT2D eigenvalue weighted by Gasteiger charge is 2.29. The molecule has 2 rings (SSSR count). The molecule has 110 valence electrons. The molecule has 0 radical (unpaired) electrons. The van der Waals surface area contributed by atoms with E-state index in [4.69, 9.17) is 11.6 Å². The molecule has 20 heavy (non-hydrogen) atoms. The van der Waals surface area contributed by atoms with E-state index in [2.05, 4.69) is 10.0 Å². The fourth-order valence-electron chi connectivity index (χ4n) is 1.59. The monoisotopic (exact) mass is 320 g/mol. The van der Waals surface area contributed by atoms with E-state index >= 15 is 0 Å². The van der Waals surface area contributed by atoms with Gasteiger partial charge in [0.15, 0.2) is 0 Å². The van der Waals surface area contributed by atoms with Crippen molar-refractivity contribution in [3.63, 3.8) is 0 Å². The third-order valence-corrected chi connectivity index (χ3v) is 4.61. The molecule has 0 aliphatic heterocycles. The van der Waals surface area contributed by atoms with Gasteiger partial charge in [-0.05, 0) is 31.0 Å². The van der Waals surface area contributed by atoms with Gasteiger partial charge in [0.1, 0.15) is 5.82 Å².